The summed E-state index contributed by atoms with van der Waals surface area (Å²) >= 11 is 5.19. The summed E-state index contributed by atoms with van der Waals surface area (Å²) in [6.45, 7) is 5.04. The SMILES string of the molecule is CC(C)C(CN)c1nc(-c2cccc(Br)c2)cs1. The molecule has 0 radical (unpaired) electrons. The third-order valence-corrected chi connectivity index (χ3v) is 4.49. The number of nitrogens with two attached hydrogens (primary N) is 1. The molecular weight excluding hydrogens is 308 g/mol. The second kappa shape index (κ2) is 5.95. The van der Waals surface area contributed by atoms with Crippen LogP contribution in [0.2, 0.25) is 0 Å². The minimum atomic E-state index is 0.357. The Hall–Kier alpha value is -0.710. The summed E-state index contributed by atoms with van der Waals surface area (Å²) in [6.07, 6.45) is 0. The summed E-state index contributed by atoms with van der Waals surface area (Å²) in [4.78, 5) is 4.73. The van der Waals surface area contributed by atoms with Gasteiger partial charge in [0.1, 0.15) is 0 Å². The number of hydrogen-bond donors (Lipinski definition) is 1. The van der Waals surface area contributed by atoms with Gasteiger partial charge >= 0.3 is 0 Å². The molecule has 96 valence electrons. The van der Waals surface area contributed by atoms with Crippen molar-refractivity contribution in [2.45, 2.75) is 19.8 Å². The molecule has 2 aromatic rings. The largest absolute Gasteiger partial charge is 0.330 e. The Kier molecular flexibility index (Phi) is 4.54. The molecule has 1 heterocycles. The predicted octanol–water partition coefficient (Wildman–Crippen LogP) is 4.27. The van der Waals surface area contributed by atoms with Crippen molar-refractivity contribution in [3.8, 4) is 11.3 Å². The number of thiazole rings is 1. The minimum Gasteiger partial charge on any atom is -0.330 e. The Morgan fingerprint density at radius 2 is 2.17 bits per heavy atom. The van der Waals surface area contributed by atoms with E-state index in [9.17, 15) is 0 Å². The molecule has 0 amide bonds. The second-order valence-electron chi connectivity index (χ2n) is 4.67. The topological polar surface area (TPSA) is 38.9 Å². The molecule has 2 nitrogen and oxygen atoms in total. The van der Waals surface area contributed by atoms with E-state index in [1.807, 2.05) is 12.1 Å². The second-order valence-corrected chi connectivity index (χ2v) is 6.47. The van der Waals surface area contributed by atoms with Crippen molar-refractivity contribution in [2.24, 2.45) is 11.7 Å². The smallest absolute Gasteiger partial charge is 0.0978 e. The molecule has 0 bridgehead atoms. The van der Waals surface area contributed by atoms with Gasteiger partial charge in [-0.05, 0) is 18.1 Å². The van der Waals surface area contributed by atoms with Gasteiger partial charge < -0.3 is 5.73 Å². The highest BCUT2D eigenvalue weighted by Crippen LogP contribution is 2.30. The molecule has 18 heavy (non-hydrogen) atoms. The lowest BCUT2D eigenvalue weighted by molar-refractivity contribution is 0.504. The van der Waals surface area contributed by atoms with E-state index in [1.54, 1.807) is 11.3 Å². The van der Waals surface area contributed by atoms with Gasteiger partial charge in [-0.15, -0.1) is 11.3 Å². The first-order chi connectivity index (χ1) is 8.61. The van der Waals surface area contributed by atoms with Gasteiger partial charge in [0.15, 0.2) is 0 Å². The van der Waals surface area contributed by atoms with Crippen molar-refractivity contribution in [2.75, 3.05) is 6.54 Å². The van der Waals surface area contributed by atoms with Gasteiger partial charge in [-0.3, -0.25) is 0 Å². The van der Waals surface area contributed by atoms with Gasteiger partial charge in [0.2, 0.25) is 0 Å². The molecule has 0 aliphatic rings. The molecule has 4 heteroatoms. The normalized spacial score (nSPS) is 12.9. The van der Waals surface area contributed by atoms with Gasteiger partial charge in [-0.25, -0.2) is 4.98 Å². The molecular formula is C14H17BrN2S. The maximum absolute atomic E-state index is 5.84. The fourth-order valence-corrected chi connectivity index (χ4v) is 3.41. The molecule has 1 atom stereocenters. The molecule has 2 rings (SSSR count). The van der Waals surface area contributed by atoms with E-state index in [1.165, 1.54) is 0 Å². The highest BCUT2D eigenvalue weighted by molar-refractivity contribution is 9.10. The summed E-state index contributed by atoms with van der Waals surface area (Å²) in [5.41, 5.74) is 8.02. The first kappa shape index (κ1) is 13.7. The lowest BCUT2D eigenvalue weighted by Crippen LogP contribution is -2.17. The van der Waals surface area contributed by atoms with E-state index < -0.39 is 0 Å². The van der Waals surface area contributed by atoms with Crippen molar-refractivity contribution < 1.29 is 0 Å². The van der Waals surface area contributed by atoms with Crippen molar-refractivity contribution in [3.05, 3.63) is 39.1 Å². The van der Waals surface area contributed by atoms with Crippen LogP contribution in [0.5, 0.6) is 0 Å². The summed E-state index contributed by atoms with van der Waals surface area (Å²) in [6, 6.07) is 8.22. The first-order valence-electron chi connectivity index (χ1n) is 6.03. The van der Waals surface area contributed by atoms with E-state index in [0.29, 0.717) is 18.4 Å². The minimum absolute atomic E-state index is 0.357. The number of aromatic nitrogens is 1. The van der Waals surface area contributed by atoms with Crippen LogP contribution in [-0.4, -0.2) is 11.5 Å². The summed E-state index contributed by atoms with van der Waals surface area (Å²) in [7, 11) is 0. The van der Waals surface area contributed by atoms with Crippen molar-refractivity contribution >= 4 is 27.3 Å². The molecule has 1 unspecified atom stereocenters. The lowest BCUT2D eigenvalue weighted by atomic mass is 9.97. The average molecular weight is 325 g/mol. The Bertz CT molecular complexity index is 522. The van der Waals surface area contributed by atoms with Crippen molar-refractivity contribution in [3.63, 3.8) is 0 Å². The highest BCUT2D eigenvalue weighted by Gasteiger charge is 2.18. The van der Waals surface area contributed by atoms with Crippen LogP contribution >= 0.6 is 27.3 Å². The van der Waals surface area contributed by atoms with Crippen LogP contribution in [0.25, 0.3) is 11.3 Å². The molecule has 1 aromatic carbocycles. The zero-order valence-corrected chi connectivity index (χ0v) is 13.0. The summed E-state index contributed by atoms with van der Waals surface area (Å²) in [5, 5.41) is 3.25. The molecule has 0 saturated carbocycles. The molecule has 0 fully saturated rings. The van der Waals surface area contributed by atoms with E-state index in [-0.39, 0.29) is 0 Å². The van der Waals surface area contributed by atoms with Gasteiger partial charge in [0.05, 0.1) is 10.7 Å². The summed E-state index contributed by atoms with van der Waals surface area (Å²) < 4.78 is 1.08. The number of nitrogens with zero attached hydrogens (tertiary/aromatic N) is 1. The summed E-state index contributed by atoms with van der Waals surface area (Å²) in [5.74, 6) is 0.882. The molecule has 0 aliphatic carbocycles. The van der Waals surface area contributed by atoms with E-state index in [2.05, 4.69) is 47.3 Å². The molecule has 1 aromatic heterocycles. The third kappa shape index (κ3) is 2.99. The Labute approximate surface area is 120 Å². The molecule has 0 spiro atoms. The standard InChI is InChI=1S/C14H17BrN2S/c1-9(2)12(7-16)14-17-13(8-18-14)10-4-3-5-11(15)6-10/h3-6,8-9,12H,7,16H2,1-2H3. The van der Waals surface area contributed by atoms with Gasteiger partial charge in [-0.2, -0.15) is 0 Å². The van der Waals surface area contributed by atoms with E-state index >= 15 is 0 Å². The zero-order chi connectivity index (χ0) is 13.1. The number of hydrogen-bond acceptors (Lipinski definition) is 3. The lowest BCUT2D eigenvalue weighted by Gasteiger charge is -2.15. The highest BCUT2D eigenvalue weighted by atomic mass is 79.9. The first-order valence-corrected chi connectivity index (χ1v) is 7.70. The van der Waals surface area contributed by atoms with Crippen molar-refractivity contribution in [1.29, 1.82) is 0 Å². The van der Waals surface area contributed by atoms with E-state index in [4.69, 9.17) is 10.7 Å². The molecule has 0 saturated heterocycles. The number of benzene rings is 1. The molecule has 2 N–H and O–H groups in total. The van der Waals surface area contributed by atoms with Crippen LogP contribution in [0.3, 0.4) is 0 Å². The molecule has 0 aliphatic heterocycles. The maximum Gasteiger partial charge on any atom is 0.0978 e. The van der Waals surface area contributed by atoms with Gasteiger partial charge in [0.25, 0.3) is 0 Å². The van der Waals surface area contributed by atoms with Crippen LogP contribution in [-0.2, 0) is 0 Å². The Morgan fingerprint density at radius 1 is 1.39 bits per heavy atom. The van der Waals surface area contributed by atoms with E-state index in [0.717, 1.165) is 20.7 Å². The van der Waals surface area contributed by atoms with Crippen LogP contribution < -0.4 is 5.73 Å². The average Bonchev–Trinajstić information content (AvgIpc) is 2.79. The van der Waals surface area contributed by atoms with Crippen LogP contribution in [0.4, 0.5) is 0 Å². The van der Waals surface area contributed by atoms with Crippen LogP contribution in [0, 0.1) is 5.92 Å². The zero-order valence-electron chi connectivity index (χ0n) is 10.6. The quantitative estimate of drug-likeness (QED) is 0.912. The fourth-order valence-electron chi connectivity index (χ4n) is 1.90. The number of rotatable bonds is 4. The predicted molar refractivity (Wildman–Crippen MR) is 81.9 cm³/mol. The third-order valence-electron chi connectivity index (χ3n) is 3.02. The van der Waals surface area contributed by atoms with Crippen LogP contribution in [0.1, 0.15) is 24.8 Å². The number of halogens is 1. The van der Waals surface area contributed by atoms with Gasteiger partial charge in [-0.1, -0.05) is 41.9 Å². The fraction of sp³-hybridized carbons (Fsp3) is 0.357. The Balaban J connectivity index is 2.30. The Morgan fingerprint density at radius 3 is 2.78 bits per heavy atom. The monoisotopic (exact) mass is 324 g/mol. The van der Waals surface area contributed by atoms with Crippen molar-refractivity contribution in [1.82, 2.24) is 4.98 Å². The van der Waals surface area contributed by atoms with Gasteiger partial charge in [0, 0.05) is 27.9 Å². The van der Waals surface area contributed by atoms with Crippen LogP contribution in [0.15, 0.2) is 34.1 Å². The maximum atomic E-state index is 5.84.